The number of hydrogen-bond acceptors (Lipinski definition) is 0. The fourth-order valence-electron chi connectivity index (χ4n) is 1.01. The van der Waals surface area contributed by atoms with Crippen molar-refractivity contribution in [3.8, 4) is 0 Å². The maximum atomic E-state index is 9.50. The second kappa shape index (κ2) is 6.84. The van der Waals surface area contributed by atoms with Crippen molar-refractivity contribution < 1.29 is 4.39 Å². The number of halogens is 1. The summed E-state index contributed by atoms with van der Waals surface area (Å²) in [6, 6.07) is 8.83. The third-order valence-corrected chi connectivity index (χ3v) is 1.84. The van der Waals surface area contributed by atoms with Crippen molar-refractivity contribution in [3.05, 3.63) is 35.4 Å². The predicted molar refractivity (Wildman–Crippen MR) is 52.2 cm³/mol. The molecular weight excluding hydrogens is 151 g/mol. The van der Waals surface area contributed by atoms with Gasteiger partial charge in [0.2, 0.25) is 0 Å². The number of aryl methyl sites for hydroxylation is 2. The van der Waals surface area contributed by atoms with Crippen LogP contribution in [0.2, 0.25) is 0 Å². The van der Waals surface area contributed by atoms with Crippen LogP contribution >= 0.6 is 0 Å². The molecule has 0 aliphatic heterocycles. The molecule has 1 heteroatoms. The molecule has 0 aliphatic rings. The first kappa shape index (κ1) is 11.2. The molecule has 1 aromatic rings. The van der Waals surface area contributed by atoms with Gasteiger partial charge >= 0.3 is 0 Å². The molecule has 0 N–H and O–H groups in total. The van der Waals surface area contributed by atoms with Gasteiger partial charge in [0.05, 0.1) is 7.18 Å². The Balaban J connectivity index is 0.000000561. The third kappa shape index (κ3) is 3.51. The van der Waals surface area contributed by atoms with Crippen molar-refractivity contribution >= 4 is 0 Å². The Hall–Kier alpha value is -0.850. The minimum Gasteiger partial charge on any atom is -0.255 e. The van der Waals surface area contributed by atoms with Crippen LogP contribution < -0.4 is 0 Å². The summed E-state index contributed by atoms with van der Waals surface area (Å²) >= 11 is 0. The van der Waals surface area contributed by atoms with E-state index in [0.29, 0.717) is 7.18 Å². The molecule has 0 radical (unpaired) electrons. The van der Waals surface area contributed by atoms with Gasteiger partial charge in [-0.05, 0) is 24.0 Å². The summed E-state index contributed by atoms with van der Waals surface area (Å²) in [5, 5.41) is 0. The molecular formula is C11H17F. The summed E-state index contributed by atoms with van der Waals surface area (Å²) in [5.41, 5.74) is 2.86. The quantitative estimate of drug-likeness (QED) is 0.635. The van der Waals surface area contributed by atoms with Gasteiger partial charge in [0, 0.05) is 0 Å². The van der Waals surface area contributed by atoms with Gasteiger partial charge in [-0.2, -0.15) is 0 Å². The highest BCUT2D eigenvalue weighted by molar-refractivity contribution is 5.22. The largest absolute Gasteiger partial charge is 0.255 e. The molecule has 0 spiro atoms. The first-order valence-corrected chi connectivity index (χ1v) is 4.32. The average molecular weight is 168 g/mol. The first-order valence-electron chi connectivity index (χ1n) is 4.32. The molecule has 0 aliphatic carbocycles. The van der Waals surface area contributed by atoms with Gasteiger partial charge in [0.1, 0.15) is 0 Å². The molecule has 0 saturated heterocycles. The van der Waals surface area contributed by atoms with E-state index in [1.807, 2.05) is 0 Å². The Labute approximate surface area is 74.4 Å². The van der Waals surface area contributed by atoms with Gasteiger partial charge < -0.3 is 0 Å². The van der Waals surface area contributed by atoms with Crippen LogP contribution in [-0.2, 0) is 12.8 Å². The lowest BCUT2D eigenvalue weighted by Crippen LogP contribution is -1.81. The predicted octanol–water partition coefficient (Wildman–Crippen LogP) is 3.40. The van der Waals surface area contributed by atoms with Crippen molar-refractivity contribution in [2.24, 2.45) is 0 Å². The van der Waals surface area contributed by atoms with Crippen LogP contribution in [0.1, 0.15) is 25.0 Å². The van der Waals surface area contributed by atoms with Gasteiger partial charge in [-0.1, -0.05) is 38.1 Å². The summed E-state index contributed by atoms with van der Waals surface area (Å²) in [5.74, 6) is 0. The summed E-state index contributed by atoms with van der Waals surface area (Å²) in [4.78, 5) is 0. The molecule has 12 heavy (non-hydrogen) atoms. The third-order valence-electron chi connectivity index (χ3n) is 1.84. The zero-order chi connectivity index (χ0) is 9.40. The second-order valence-electron chi connectivity index (χ2n) is 2.52. The fourth-order valence-corrected chi connectivity index (χ4v) is 1.01. The van der Waals surface area contributed by atoms with Crippen LogP contribution in [0.15, 0.2) is 24.3 Å². The standard InChI is InChI=1S/C10H14.CH3F/c1-3-9-5-7-10(4-2)8-6-9;1-2/h5-8H,3-4H2,1-2H3;1H3. The average Bonchev–Trinajstić information content (AvgIpc) is 2.21. The van der Waals surface area contributed by atoms with Gasteiger partial charge in [-0.25, -0.2) is 0 Å². The van der Waals surface area contributed by atoms with E-state index < -0.39 is 0 Å². The van der Waals surface area contributed by atoms with Crippen molar-refractivity contribution in [3.63, 3.8) is 0 Å². The molecule has 0 amide bonds. The Morgan fingerprint density at radius 3 is 1.25 bits per heavy atom. The minimum atomic E-state index is 0.500. The Bertz CT molecular complexity index is 166. The molecule has 0 heterocycles. The van der Waals surface area contributed by atoms with Gasteiger partial charge in [0.25, 0.3) is 0 Å². The highest BCUT2D eigenvalue weighted by atomic mass is 19.1. The fraction of sp³-hybridized carbons (Fsp3) is 0.455. The van der Waals surface area contributed by atoms with Gasteiger partial charge in [-0.3, -0.25) is 4.39 Å². The summed E-state index contributed by atoms with van der Waals surface area (Å²) in [7, 11) is 0.500. The molecule has 1 aromatic carbocycles. The van der Waals surface area contributed by atoms with Crippen molar-refractivity contribution in [2.75, 3.05) is 7.18 Å². The van der Waals surface area contributed by atoms with Crippen LogP contribution in [0.4, 0.5) is 4.39 Å². The molecule has 0 unspecified atom stereocenters. The number of rotatable bonds is 2. The summed E-state index contributed by atoms with van der Waals surface area (Å²) < 4.78 is 9.50. The molecule has 0 bridgehead atoms. The zero-order valence-electron chi connectivity index (χ0n) is 8.10. The van der Waals surface area contributed by atoms with Crippen LogP contribution in [0.3, 0.4) is 0 Å². The number of hydrogen-bond donors (Lipinski definition) is 0. The van der Waals surface area contributed by atoms with Crippen LogP contribution in [0.25, 0.3) is 0 Å². The summed E-state index contributed by atoms with van der Waals surface area (Å²) in [6.45, 7) is 4.36. The van der Waals surface area contributed by atoms with E-state index in [2.05, 4.69) is 38.1 Å². The first-order chi connectivity index (χ1) is 5.86. The van der Waals surface area contributed by atoms with Crippen LogP contribution in [0.5, 0.6) is 0 Å². The van der Waals surface area contributed by atoms with Gasteiger partial charge in [0.15, 0.2) is 0 Å². The maximum Gasteiger partial charge on any atom is 0.0785 e. The normalized spacial score (nSPS) is 8.67. The Morgan fingerprint density at radius 1 is 0.833 bits per heavy atom. The second-order valence-corrected chi connectivity index (χ2v) is 2.52. The van der Waals surface area contributed by atoms with E-state index in [0.717, 1.165) is 12.8 Å². The van der Waals surface area contributed by atoms with Crippen LogP contribution in [0, 0.1) is 0 Å². The Morgan fingerprint density at radius 2 is 1.08 bits per heavy atom. The monoisotopic (exact) mass is 168 g/mol. The van der Waals surface area contributed by atoms with E-state index in [1.54, 1.807) is 0 Å². The zero-order valence-corrected chi connectivity index (χ0v) is 8.10. The maximum absolute atomic E-state index is 9.50. The van der Waals surface area contributed by atoms with E-state index in [-0.39, 0.29) is 0 Å². The summed E-state index contributed by atoms with van der Waals surface area (Å²) in [6.07, 6.45) is 2.29. The molecule has 1 rings (SSSR count). The lowest BCUT2D eigenvalue weighted by molar-refractivity contribution is 0.636. The molecule has 0 fully saturated rings. The van der Waals surface area contributed by atoms with Crippen molar-refractivity contribution in [1.29, 1.82) is 0 Å². The van der Waals surface area contributed by atoms with Crippen molar-refractivity contribution in [2.45, 2.75) is 26.7 Å². The number of alkyl halides is 1. The van der Waals surface area contributed by atoms with E-state index in [1.165, 1.54) is 11.1 Å². The smallest absolute Gasteiger partial charge is 0.0785 e. The molecule has 0 saturated carbocycles. The number of benzene rings is 1. The molecule has 0 atom stereocenters. The molecule has 68 valence electrons. The lowest BCUT2D eigenvalue weighted by Gasteiger charge is -1.97. The van der Waals surface area contributed by atoms with Crippen molar-refractivity contribution in [1.82, 2.24) is 0 Å². The van der Waals surface area contributed by atoms with E-state index in [9.17, 15) is 4.39 Å². The van der Waals surface area contributed by atoms with E-state index in [4.69, 9.17) is 0 Å². The molecule has 0 aromatic heterocycles. The lowest BCUT2D eigenvalue weighted by atomic mass is 10.1. The highest BCUT2D eigenvalue weighted by Gasteiger charge is 1.88. The van der Waals surface area contributed by atoms with Crippen LogP contribution in [-0.4, -0.2) is 7.18 Å². The minimum absolute atomic E-state index is 0.500. The van der Waals surface area contributed by atoms with Gasteiger partial charge in [-0.15, -0.1) is 0 Å². The highest BCUT2D eigenvalue weighted by Crippen LogP contribution is 2.04. The topological polar surface area (TPSA) is 0 Å². The molecule has 0 nitrogen and oxygen atoms in total. The SMILES string of the molecule is CCc1ccc(CC)cc1.CF. The Kier molecular flexibility index (Phi) is 6.35. The van der Waals surface area contributed by atoms with E-state index >= 15 is 0 Å².